The van der Waals surface area contributed by atoms with E-state index in [9.17, 15) is 0 Å². The maximum atomic E-state index is 2.46. The molecular weight excluding hydrogens is 468 g/mol. The van der Waals surface area contributed by atoms with Crippen molar-refractivity contribution in [2.45, 2.75) is 210 Å². The van der Waals surface area contributed by atoms with E-state index in [0.717, 1.165) is 47.3 Å². The molecule has 4 saturated carbocycles. The smallest absolute Gasteiger partial charge is 0.0411 e. The van der Waals surface area contributed by atoms with Gasteiger partial charge in [-0.1, -0.05) is 191 Å². The number of hydrogen-bond donors (Lipinski definition) is 0. The maximum Gasteiger partial charge on any atom is -0.0411 e. The van der Waals surface area contributed by atoms with Crippen LogP contribution < -0.4 is 0 Å². The van der Waals surface area contributed by atoms with Crippen molar-refractivity contribution < 1.29 is 0 Å². The molecule has 0 bridgehead atoms. The fourth-order valence-electron chi connectivity index (χ4n) is 7.95. The predicted octanol–water partition coefficient (Wildman–Crippen LogP) is 15.8. The molecule has 0 radical (unpaired) electrons. The Labute approximate surface area is 257 Å². The molecule has 4 aliphatic rings. The van der Waals surface area contributed by atoms with Crippen LogP contribution in [0.15, 0.2) is 0 Å². The lowest BCUT2D eigenvalue weighted by atomic mass is 9.69. The van der Waals surface area contributed by atoms with Crippen LogP contribution in [0.25, 0.3) is 0 Å². The second kappa shape index (κ2) is 28.1. The Morgan fingerprint density at radius 1 is 0.256 bits per heavy atom. The van der Waals surface area contributed by atoms with Gasteiger partial charge in [0.1, 0.15) is 0 Å². The zero-order chi connectivity index (χ0) is 20.1. The Kier molecular flexibility index (Phi) is 39.7. The van der Waals surface area contributed by atoms with Gasteiger partial charge < -0.3 is 0 Å². The molecule has 0 aromatic carbocycles. The molecule has 0 aromatic rings. The molecule has 4 aliphatic carbocycles. The van der Waals surface area contributed by atoms with E-state index in [1.807, 2.05) is 0 Å². The third kappa shape index (κ3) is 18.2. The van der Waals surface area contributed by atoms with Crippen molar-refractivity contribution in [1.82, 2.24) is 0 Å². The molecular formula is C39H92. The highest BCUT2D eigenvalue weighted by molar-refractivity contribution is 4.82. The van der Waals surface area contributed by atoms with Gasteiger partial charge in [-0.15, -0.1) is 0 Å². The Bertz CT molecular complexity index is 393. The minimum Gasteiger partial charge on any atom is -0.0776 e. The fourth-order valence-corrected chi connectivity index (χ4v) is 7.95. The molecule has 0 spiro atoms. The fraction of sp³-hybridized carbons (Fsp3) is 1.00. The first kappa shape index (κ1) is 55.0. The monoisotopic (exact) mass is 561 g/mol. The van der Waals surface area contributed by atoms with Gasteiger partial charge in [0.05, 0.1) is 0 Å². The van der Waals surface area contributed by atoms with Crippen LogP contribution >= 0.6 is 0 Å². The standard InChI is InChI=1S/C29H52.10CH4/c1-22-3-7-24(8-4-22)19-26-11-15-28(16-12-26)21-29-17-13-27(14-18-29)20-25-9-5-23(2)6-10-25;;;;;;;;;;/h22-29H,3-21H2,1-2H3;10*1H4. The summed E-state index contributed by atoms with van der Waals surface area (Å²) in [7, 11) is 0. The van der Waals surface area contributed by atoms with Crippen molar-refractivity contribution >= 4 is 0 Å². The molecule has 4 fully saturated rings. The highest BCUT2D eigenvalue weighted by Gasteiger charge is 2.30. The molecule has 0 N–H and O–H groups in total. The van der Waals surface area contributed by atoms with Crippen LogP contribution in [0, 0.1) is 47.3 Å². The van der Waals surface area contributed by atoms with E-state index in [1.165, 1.54) is 25.7 Å². The molecule has 0 heteroatoms. The summed E-state index contributed by atoms with van der Waals surface area (Å²) in [6.45, 7) is 4.93. The lowest BCUT2D eigenvalue weighted by Crippen LogP contribution is -2.24. The largest absolute Gasteiger partial charge is 0.0776 e. The van der Waals surface area contributed by atoms with Gasteiger partial charge in [-0.25, -0.2) is 0 Å². The summed E-state index contributed by atoms with van der Waals surface area (Å²) in [5.41, 5.74) is 0. The van der Waals surface area contributed by atoms with Gasteiger partial charge in [-0.05, 0) is 66.6 Å². The van der Waals surface area contributed by atoms with Crippen LogP contribution in [0.3, 0.4) is 0 Å². The first-order valence-electron chi connectivity index (χ1n) is 14.1. The molecule has 0 unspecified atom stereocenters. The normalized spacial score (nSPS) is 33.1. The molecule has 4 rings (SSSR count). The zero-order valence-electron chi connectivity index (χ0n) is 20.1. The zero-order valence-corrected chi connectivity index (χ0v) is 20.1. The summed E-state index contributed by atoms with van der Waals surface area (Å²) in [4.78, 5) is 0. The van der Waals surface area contributed by atoms with Crippen LogP contribution in [-0.4, -0.2) is 0 Å². The molecule has 0 saturated heterocycles. The average Bonchev–Trinajstić information content (AvgIpc) is 2.74. The number of rotatable bonds is 6. The van der Waals surface area contributed by atoms with E-state index in [-0.39, 0.29) is 74.3 Å². The van der Waals surface area contributed by atoms with Crippen LogP contribution in [-0.2, 0) is 0 Å². The number of hydrogen-bond acceptors (Lipinski definition) is 0. The van der Waals surface area contributed by atoms with Crippen LogP contribution in [0.2, 0.25) is 0 Å². The average molecular weight is 561 g/mol. The second-order valence-corrected chi connectivity index (χ2v) is 12.7. The summed E-state index contributed by atoms with van der Waals surface area (Å²) < 4.78 is 0. The van der Waals surface area contributed by atoms with Crippen molar-refractivity contribution in [3.63, 3.8) is 0 Å². The Hall–Kier alpha value is 0. The highest BCUT2D eigenvalue weighted by atomic mass is 14.4. The quantitative estimate of drug-likeness (QED) is 0.303. The van der Waals surface area contributed by atoms with Crippen molar-refractivity contribution in [3.05, 3.63) is 0 Å². The van der Waals surface area contributed by atoms with Gasteiger partial charge in [-0.3, -0.25) is 0 Å². The Morgan fingerprint density at radius 2 is 0.385 bits per heavy atom. The Morgan fingerprint density at radius 3 is 0.538 bits per heavy atom. The third-order valence-electron chi connectivity index (χ3n) is 10.2. The SMILES string of the molecule is C.C.C.C.C.C.C.C.C.C.CC1CCC(CC2CCC(CC3CCC(CC4CCC(C)CC4)CC3)CC2)CC1. The minimum atomic E-state index is 0. The van der Waals surface area contributed by atoms with E-state index in [4.69, 9.17) is 0 Å². The van der Waals surface area contributed by atoms with E-state index in [0.29, 0.717) is 0 Å². The van der Waals surface area contributed by atoms with Gasteiger partial charge in [0.25, 0.3) is 0 Å². The van der Waals surface area contributed by atoms with Crippen LogP contribution in [0.1, 0.15) is 210 Å². The maximum absolute atomic E-state index is 2.46. The van der Waals surface area contributed by atoms with E-state index in [2.05, 4.69) is 13.8 Å². The molecule has 0 nitrogen and oxygen atoms in total. The third-order valence-corrected chi connectivity index (χ3v) is 10.2. The molecule has 0 heterocycles. The first-order chi connectivity index (χ1) is 14.1. The summed E-state index contributed by atoms with van der Waals surface area (Å²) in [6, 6.07) is 0. The van der Waals surface area contributed by atoms with Crippen LogP contribution in [0.5, 0.6) is 0 Å². The van der Waals surface area contributed by atoms with Gasteiger partial charge in [-0.2, -0.15) is 0 Å². The van der Waals surface area contributed by atoms with Crippen molar-refractivity contribution in [2.75, 3.05) is 0 Å². The Balaban J connectivity index is -0.000000205. The molecule has 39 heavy (non-hydrogen) atoms. The van der Waals surface area contributed by atoms with Gasteiger partial charge in [0.2, 0.25) is 0 Å². The molecule has 0 atom stereocenters. The predicted molar refractivity (Wildman–Crippen MR) is 194 cm³/mol. The van der Waals surface area contributed by atoms with E-state index < -0.39 is 0 Å². The first-order valence-corrected chi connectivity index (χ1v) is 14.1. The lowest BCUT2D eigenvalue weighted by molar-refractivity contribution is 0.154. The molecule has 0 amide bonds. The van der Waals surface area contributed by atoms with Gasteiger partial charge >= 0.3 is 0 Å². The summed E-state index contributed by atoms with van der Waals surface area (Å²) in [6.07, 6.45) is 29.6. The van der Waals surface area contributed by atoms with Crippen molar-refractivity contribution in [2.24, 2.45) is 47.3 Å². The summed E-state index contributed by atoms with van der Waals surface area (Å²) in [5, 5.41) is 0. The molecule has 0 aliphatic heterocycles. The van der Waals surface area contributed by atoms with Crippen molar-refractivity contribution in [1.29, 1.82) is 0 Å². The van der Waals surface area contributed by atoms with Gasteiger partial charge in [0.15, 0.2) is 0 Å². The van der Waals surface area contributed by atoms with Crippen molar-refractivity contribution in [3.8, 4) is 0 Å². The second-order valence-electron chi connectivity index (χ2n) is 12.7. The van der Waals surface area contributed by atoms with Crippen LogP contribution in [0.4, 0.5) is 0 Å². The van der Waals surface area contributed by atoms with Gasteiger partial charge in [0, 0.05) is 0 Å². The van der Waals surface area contributed by atoms with E-state index in [1.54, 1.807) is 96.3 Å². The topological polar surface area (TPSA) is 0 Å². The van der Waals surface area contributed by atoms with E-state index >= 15 is 0 Å². The molecule has 0 aromatic heterocycles. The molecule has 248 valence electrons. The lowest BCUT2D eigenvalue weighted by Gasteiger charge is -2.37. The summed E-state index contributed by atoms with van der Waals surface area (Å²) in [5.74, 6) is 8.60. The highest BCUT2D eigenvalue weighted by Crippen LogP contribution is 2.43. The summed E-state index contributed by atoms with van der Waals surface area (Å²) >= 11 is 0. The minimum absolute atomic E-state index is 0.